The highest BCUT2D eigenvalue weighted by atomic mass is 79.9. The molecule has 24 heavy (non-hydrogen) atoms. The molecule has 0 saturated carbocycles. The Labute approximate surface area is 154 Å². The van der Waals surface area contributed by atoms with Crippen LogP contribution in [0.4, 0.5) is 0 Å². The molecule has 0 aliphatic heterocycles. The second kappa shape index (κ2) is 8.82. The molecule has 0 saturated heterocycles. The van der Waals surface area contributed by atoms with E-state index >= 15 is 0 Å². The SMILES string of the molecule is CN(CC(=O)NNC(=O)c1ccc(Cl)cc1)Cc1ccc(Br)cc1. The molecule has 0 unspecified atom stereocenters. The second-order valence-electron chi connectivity index (χ2n) is 5.31. The summed E-state index contributed by atoms with van der Waals surface area (Å²) in [6.07, 6.45) is 0. The minimum atomic E-state index is -0.393. The summed E-state index contributed by atoms with van der Waals surface area (Å²) in [4.78, 5) is 25.6. The summed E-state index contributed by atoms with van der Waals surface area (Å²) in [5, 5.41) is 0.546. The van der Waals surface area contributed by atoms with Gasteiger partial charge >= 0.3 is 0 Å². The van der Waals surface area contributed by atoms with Crippen LogP contribution in [0.2, 0.25) is 5.02 Å². The summed E-state index contributed by atoms with van der Waals surface area (Å²) in [5.41, 5.74) is 6.30. The van der Waals surface area contributed by atoms with E-state index in [1.165, 1.54) is 0 Å². The molecule has 5 nitrogen and oxygen atoms in total. The molecule has 2 N–H and O–H groups in total. The number of nitrogens with one attached hydrogen (secondary N) is 2. The summed E-state index contributed by atoms with van der Waals surface area (Å²) < 4.78 is 1.01. The predicted octanol–water partition coefficient (Wildman–Crippen LogP) is 3.00. The van der Waals surface area contributed by atoms with Crippen molar-refractivity contribution in [3.05, 3.63) is 69.2 Å². The van der Waals surface area contributed by atoms with E-state index in [0.29, 0.717) is 17.1 Å². The van der Waals surface area contributed by atoms with Crippen molar-refractivity contribution in [2.24, 2.45) is 0 Å². The second-order valence-corrected chi connectivity index (χ2v) is 6.66. The van der Waals surface area contributed by atoms with Gasteiger partial charge in [-0.15, -0.1) is 0 Å². The highest BCUT2D eigenvalue weighted by Gasteiger charge is 2.10. The summed E-state index contributed by atoms with van der Waals surface area (Å²) in [6, 6.07) is 14.3. The Morgan fingerprint density at radius 3 is 2.29 bits per heavy atom. The van der Waals surface area contributed by atoms with Gasteiger partial charge in [-0.3, -0.25) is 25.3 Å². The Hall–Kier alpha value is -1.89. The van der Waals surface area contributed by atoms with E-state index in [1.54, 1.807) is 24.3 Å². The van der Waals surface area contributed by atoms with Gasteiger partial charge in [-0.2, -0.15) is 0 Å². The molecule has 2 rings (SSSR count). The maximum absolute atomic E-state index is 11.9. The number of halogens is 2. The van der Waals surface area contributed by atoms with Gasteiger partial charge in [-0.25, -0.2) is 0 Å². The molecule has 2 amide bonds. The Bertz CT molecular complexity index is 705. The molecule has 2 aromatic rings. The van der Waals surface area contributed by atoms with E-state index in [0.717, 1.165) is 10.0 Å². The minimum Gasteiger partial charge on any atom is -0.293 e. The first kappa shape index (κ1) is 18.4. The molecule has 0 heterocycles. The van der Waals surface area contributed by atoms with E-state index in [9.17, 15) is 9.59 Å². The van der Waals surface area contributed by atoms with Gasteiger partial charge < -0.3 is 0 Å². The fraction of sp³-hybridized carbons (Fsp3) is 0.176. The molecule has 0 atom stereocenters. The third kappa shape index (κ3) is 5.96. The molecule has 0 spiro atoms. The average Bonchev–Trinajstić information content (AvgIpc) is 2.55. The number of hydrogen-bond donors (Lipinski definition) is 2. The van der Waals surface area contributed by atoms with Crippen LogP contribution in [0.5, 0.6) is 0 Å². The highest BCUT2D eigenvalue weighted by molar-refractivity contribution is 9.10. The van der Waals surface area contributed by atoms with Gasteiger partial charge in [0.05, 0.1) is 6.54 Å². The van der Waals surface area contributed by atoms with E-state index in [2.05, 4.69) is 26.8 Å². The van der Waals surface area contributed by atoms with Gasteiger partial charge in [0.25, 0.3) is 11.8 Å². The van der Waals surface area contributed by atoms with Crippen LogP contribution in [0.3, 0.4) is 0 Å². The van der Waals surface area contributed by atoms with Crippen LogP contribution in [0.15, 0.2) is 53.0 Å². The van der Waals surface area contributed by atoms with Crippen molar-refractivity contribution in [3.8, 4) is 0 Å². The molecule has 0 aromatic heterocycles. The molecule has 0 radical (unpaired) electrons. The molecular formula is C17H17BrClN3O2. The summed E-state index contributed by atoms with van der Waals surface area (Å²) >= 11 is 9.15. The lowest BCUT2D eigenvalue weighted by molar-refractivity contribution is -0.122. The number of carbonyl (C=O) groups excluding carboxylic acids is 2. The van der Waals surface area contributed by atoms with Crippen molar-refractivity contribution in [2.45, 2.75) is 6.54 Å². The van der Waals surface area contributed by atoms with E-state index < -0.39 is 5.91 Å². The van der Waals surface area contributed by atoms with Crippen LogP contribution in [-0.4, -0.2) is 30.3 Å². The van der Waals surface area contributed by atoms with Crippen LogP contribution in [0.25, 0.3) is 0 Å². The standard InChI is InChI=1S/C17H17BrClN3O2/c1-22(10-12-2-6-14(18)7-3-12)11-16(23)20-21-17(24)13-4-8-15(19)9-5-13/h2-9H,10-11H2,1H3,(H,20,23)(H,21,24). The largest absolute Gasteiger partial charge is 0.293 e. The van der Waals surface area contributed by atoms with E-state index in [-0.39, 0.29) is 12.5 Å². The number of amides is 2. The zero-order valence-corrected chi connectivity index (χ0v) is 15.4. The topological polar surface area (TPSA) is 61.4 Å². The highest BCUT2D eigenvalue weighted by Crippen LogP contribution is 2.11. The molecule has 0 fully saturated rings. The summed E-state index contributed by atoms with van der Waals surface area (Å²) in [6.45, 7) is 0.794. The third-order valence-corrected chi connectivity index (χ3v) is 3.98. The van der Waals surface area contributed by atoms with E-state index in [4.69, 9.17) is 11.6 Å². The fourth-order valence-corrected chi connectivity index (χ4v) is 2.43. The smallest absolute Gasteiger partial charge is 0.269 e. The normalized spacial score (nSPS) is 10.5. The zero-order chi connectivity index (χ0) is 17.5. The Morgan fingerprint density at radius 1 is 1.04 bits per heavy atom. The Morgan fingerprint density at radius 2 is 1.67 bits per heavy atom. The lowest BCUT2D eigenvalue weighted by Gasteiger charge is -2.16. The zero-order valence-electron chi connectivity index (χ0n) is 13.1. The first-order chi connectivity index (χ1) is 11.4. The van der Waals surface area contributed by atoms with Crippen LogP contribution < -0.4 is 10.9 Å². The number of carbonyl (C=O) groups is 2. The summed E-state index contributed by atoms with van der Waals surface area (Å²) in [7, 11) is 1.84. The molecule has 0 bridgehead atoms. The Kier molecular flexibility index (Phi) is 6.78. The molecule has 7 heteroatoms. The molecule has 0 aliphatic rings. The molecule has 0 aliphatic carbocycles. The van der Waals surface area contributed by atoms with E-state index in [1.807, 2.05) is 36.2 Å². The molecule has 2 aromatic carbocycles. The Balaban J connectivity index is 1.77. The molecular weight excluding hydrogens is 394 g/mol. The monoisotopic (exact) mass is 409 g/mol. The van der Waals surface area contributed by atoms with Crippen molar-refractivity contribution in [1.82, 2.24) is 15.8 Å². The number of hydrazine groups is 1. The van der Waals surface area contributed by atoms with Crippen LogP contribution in [0.1, 0.15) is 15.9 Å². The van der Waals surface area contributed by atoms with Crippen molar-refractivity contribution in [3.63, 3.8) is 0 Å². The van der Waals surface area contributed by atoms with Crippen molar-refractivity contribution < 1.29 is 9.59 Å². The number of rotatable bonds is 5. The first-order valence-corrected chi connectivity index (χ1v) is 8.39. The quantitative estimate of drug-likeness (QED) is 0.745. The van der Waals surface area contributed by atoms with Gasteiger partial charge in [0.1, 0.15) is 0 Å². The molecule has 126 valence electrons. The lowest BCUT2D eigenvalue weighted by Crippen LogP contribution is -2.45. The van der Waals surface area contributed by atoms with Gasteiger partial charge in [-0.05, 0) is 49.0 Å². The number of hydrogen-bond acceptors (Lipinski definition) is 3. The third-order valence-electron chi connectivity index (χ3n) is 3.20. The lowest BCUT2D eigenvalue weighted by atomic mass is 10.2. The van der Waals surface area contributed by atoms with Gasteiger partial charge in [0, 0.05) is 21.6 Å². The van der Waals surface area contributed by atoms with Crippen LogP contribution in [0, 0.1) is 0 Å². The number of likely N-dealkylation sites (N-methyl/N-ethyl adjacent to an activating group) is 1. The fourth-order valence-electron chi connectivity index (χ4n) is 2.04. The number of benzene rings is 2. The van der Waals surface area contributed by atoms with Crippen LogP contribution in [-0.2, 0) is 11.3 Å². The maximum Gasteiger partial charge on any atom is 0.269 e. The first-order valence-electron chi connectivity index (χ1n) is 7.22. The van der Waals surface area contributed by atoms with Gasteiger partial charge in [0.15, 0.2) is 0 Å². The van der Waals surface area contributed by atoms with Crippen molar-refractivity contribution in [1.29, 1.82) is 0 Å². The van der Waals surface area contributed by atoms with Crippen molar-refractivity contribution in [2.75, 3.05) is 13.6 Å². The van der Waals surface area contributed by atoms with Crippen LogP contribution >= 0.6 is 27.5 Å². The average molecular weight is 411 g/mol. The number of nitrogens with zero attached hydrogens (tertiary/aromatic N) is 1. The maximum atomic E-state index is 11.9. The predicted molar refractivity (Wildman–Crippen MR) is 97.5 cm³/mol. The van der Waals surface area contributed by atoms with Crippen molar-refractivity contribution >= 4 is 39.3 Å². The van der Waals surface area contributed by atoms with Gasteiger partial charge in [-0.1, -0.05) is 39.7 Å². The minimum absolute atomic E-state index is 0.164. The summed E-state index contributed by atoms with van der Waals surface area (Å²) in [5.74, 6) is -0.687. The van der Waals surface area contributed by atoms with Gasteiger partial charge in [0.2, 0.25) is 0 Å².